The highest BCUT2D eigenvalue weighted by Gasteiger charge is 2.21. The van der Waals surface area contributed by atoms with E-state index in [0.717, 1.165) is 55.1 Å². The van der Waals surface area contributed by atoms with E-state index in [9.17, 15) is 0 Å². The quantitative estimate of drug-likeness (QED) is 0.260. The molecule has 0 radical (unpaired) electrons. The van der Waals surface area contributed by atoms with Crippen molar-refractivity contribution in [3.05, 3.63) is 90.1 Å². The first-order valence-electron chi connectivity index (χ1n) is 12.5. The van der Waals surface area contributed by atoms with Gasteiger partial charge in [-0.2, -0.15) is 0 Å². The molecule has 2 heteroatoms. The van der Waals surface area contributed by atoms with Crippen molar-refractivity contribution < 1.29 is 11.7 Å². The Morgan fingerprint density at radius 1 is 0.879 bits per heavy atom. The van der Waals surface area contributed by atoms with Crippen LogP contribution in [0.25, 0.3) is 54.7 Å². The number of nitrogens with zero attached hydrogens (tertiary/aromatic N) is 1. The molecule has 0 bridgehead atoms. The molecule has 6 rings (SSSR count). The third-order valence-electron chi connectivity index (χ3n) is 6.63. The van der Waals surface area contributed by atoms with Crippen molar-refractivity contribution in [1.82, 2.24) is 0 Å². The number of hydrogen-bond donors (Lipinski definition) is 0. The summed E-state index contributed by atoms with van der Waals surface area (Å²) in [4.78, 5) is 0. The van der Waals surface area contributed by atoms with Crippen LogP contribution in [0.5, 0.6) is 0 Å². The normalized spacial score (nSPS) is 13.4. The Morgan fingerprint density at radius 2 is 1.70 bits per heavy atom. The van der Waals surface area contributed by atoms with Crippen molar-refractivity contribution in [2.24, 2.45) is 13.0 Å². The molecule has 0 amide bonds. The number of aryl methyl sites for hydroxylation is 2. The minimum absolute atomic E-state index is 0.104. The van der Waals surface area contributed by atoms with Crippen molar-refractivity contribution in [2.45, 2.75) is 27.1 Å². The molecule has 0 aliphatic rings. The SMILES string of the molecule is [2H]C([2H])(c1ccc2c(-c3ccc4c(oc5ccc6ccccc6c54)c3C)[n+](C)ccc2c1)C(C)C. The van der Waals surface area contributed by atoms with Crippen LogP contribution in [0.4, 0.5) is 0 Å². The van der Waals surface area contributed by atoms with Gasteiger partial charge in [-0.05, 0) is 65.2 Å². The molecular weight excluding hydrogens is 402 g/mol. The van der Waals surface area contributed by atoms with E-state index in [1.807, 2.05) is 26.0 Å². The first-order valence-corrected chi connectivity index (χ1v) is 11.5. The van der Waals surface area contributed by atoms with E-state index in [-0.39, 0.29) is 5.92 Å². The molecule has 4 aromatic carbocycles. The maximum atomic E-state index is 8.54. The fourth-order valence-corrected chi connectivity index (χ4v) is 5.13. The van der Waals surface area contributed by atoms with Gasteiger partial charge in [0.15, 0.2) is 6.20 Å². The average molecular weight is 433 g/mol. The van der Waals surface area contributed by atoms with Crippen LogP contribution >= 0.6 is 0 Å². The maximum Gasteiger partial charge on any atom is 0.220 e. The topological polar surface area (TPSA) is 17.0 Å². The fraction of sp³-hybridized carbons (Fsp3) is 0.194. The van der Waals surface area contributed by atoms with Gasteiger partial charge in [-0.25, -0.2) is 4.57 Å². The summed E-state index contributed by atoms with van der Waals surface area (Å²) in [6, 6.07) is 25.1. The Morgan fingerprint density at radius 3 is 2.55 bits per heavy atom. The number of furan rings is 1. The Balaban J connectivity index is 1.61. The minimum atomic E-state index is -1.38. The zero-order chi connectivity index (χ0) is 24.5. The smallest absolute Gasteiger partial charge is 0.220 e. The Bertz CT molecular complexity index is 1780. The molecule has 6 aromatic rings. The number of aromatic nitrogens is 1. The van der Waals surface area contributed by atoms with Crippen LogP contribution in [0.2, 0.25) is 0 Å². The van der Waals surface area contributed by atoms with Crippen molar-refractivity contribution in [1.29, 1.82) is 0 Å². The number of fused-ring (bicyclic) bond motifs is 6. The molecule has 0 N–H and O–H groups in total. The van der Waals surface area contributed by atoms with Gasteiger partial charge in [0, 0.05) is 25.1 Å². The molecule has 0 spiro atoms. The highest BCUT2D eigenvalue weighted by Crippen LogP contribution is 2.39. The number of benzene rings is 4. The molecule has 0 atom stereocenters. The zero-order valence-corrected chi connectivity index (χ0v) is 19.4. The van der Waals surface area contributed by atoms with E-state index in [1.165, 1.54) is 10.8 Å². The largest absolute Gasteiger partial charge is 0.456 e. The standard InChI is InChI=1S/C31H28NO/c1-19(2)17-21-9-11-26-23(18-21)15-16-32(4)30(26)24-12-13-27-29-25-8-6-5-7-22(25)10-14-28(29)33-31(27)20(24)3/h5-16,18-19H,17H2,1-4H3/q+1/i17D2. The Hall–Kier alpha value is -3.65. The predicted octanol–water partition coefficient (Wildman–Crippen LogP) is 7.89. The van der Waals surface area contributed by atoms with Crippen molar-refractivity contribution in [2.75, 3.05) is 0 Å². The van der Waals surface area contributed by atoms with Crippen LogP contribution < -0.4 is 4.57 Å². The zero-order valence-electron chi connectivity index (χ0n) is 21.4. The van der Waals surface area contributed by atoms with E-state index in [2.05, 4.69) is 85.4 Å². The van der Waals surface area contributed by atoms with Crippen molar-refractivity contribution in [3.63, 3.8) is 0 Å². The maximum absolute atomic E-state index is 8.54. The summed E-state index contributed by atoms with van der Waals surface area (Å²) in [6.07, 6.45) is 0.681. The van der Waals surface area contributed by atoms with E-state index in [1.54, 1.807) is 0 Å². The highest BCUT2D eigenvalue weighted by molar-refractivity contribution is 6.19. The average Bonchev–Trinajstić information content (AvgIpc) is 3.24. The Kier molecular flexibility index (Phi) is 4.03. The molecular formula is C31H28NO+. The molecule has 0 saturated carbocycles. The lowest BCUT2D eigenvalue weighted by Crippen LogP contribution is -2.30. The van der Waals surface area contributed by atoms with Gasteiger partial charge in [0.25, 0.3) is 0 Å². The molecule has 0 aliphatic carbocycles. The lowest BCUT2D eigenvalue weighted by atomic mass is 9.94. The second-order valence-electron chi connectivity index (χ2n) is 9.25. The molecule has 0 saturated heterocycles. The minimum Gasteiger partial charge on any atom is -0.456 e. The number of hydrogen-bond acceptors (Lipinski definition) is 1. The lowest BCUT2D eigenvalue weighted by molar-refractivity contribution is -0.659. The highest BCUT2D eigenvalue weighted by atomic mass is 16.3. The summed E-state index contributed by atoms with van der Waals surface area (Å²) in [7, 11) is 2.06. The molecule has 0 unspecified atom stereocenters. The monoisotopic (exact) mass is 432 g/mol. The van der Waals surface area contributed by atoms with Gasteiger partial charge >= 0.3 is 0 Å². The summed E-state index contributed by atoms with van der Waals surface area (Å²) in [5, 5.41) is 6.85. The number of rotatable bonds is 3. The van der Waals surface area contributed by atoms with Crippen LogP contribution in [0.1, 0.15) is 27.7 Å². The van der Waals surface area contributed by atoms with E-state index < -0.39 is 6.37 Å². The second-order valence-corrected chi connectivity index (χ2v) is 9.25. The molecule has 2 nitrogen and oxygen atoms in total. The predicted molar refractivity (Wildman–Crippen MR) is 139 cm³/mol. The van der Waals surface area contributed by atoms with E-state index in [4.69, 9.17) is 7.16 Å². The molecule has 33 heavy (non-hydrogen) atoms. The van der Waals surface area contributed by atoms with Crippen LogP contribution in [0.3, 0.4) is 0 Å². The molecule has 2 heterocycles. The third kappa shape index (κ3) is 3.13. The fourth-order valence-electron chi connectivity index (χ4n) is 5.13. The summed E-state index contributed by atoms with van der Waals surface area (Å²) in [6.45, 7) is 5.98. The first kappa shape index (κ1) is 17.9. The summed E-state index contributed by atoms with van der Waals surface area (Å²) in [5.74, 6) is -0.104. The van der Waals surface area contributed by atoms with Gasteiger partial charge in [-0.3, -0.25) is 0 Å². The summed E-state index contributed by atoms with van der Waals surface area (Å²) in [5.41, 5.74) is 5.86. The molecule has 0 aliphatic heterocycles. The van der Waals surface area contributed by atoms with Crippen molar-refractivity contribution >= 4 is 43.5 Å². The van der Waals surface area contributed by atoms with Gasteiger partial charge in [0.2, 0.25) is 5.69 Å². The molecule has 2 aromatic heterocycles. The van der Waals surface area contributed by atoms with E-state index in [0.29, 0.717) is 0 Å². The Labute approximate surface area is 196 Å². The third-order valence-corrected chi connectivity index (χ3v) is 6.63. The summed E-state index contributed by atoms with van der Waals surface area (Å²) >= 11 is 0. The molecule has 162 valence electrons. The number of pyridine rings is 1. The van der Waals surface area contributed by atoms with Crippen LogP contribution in [-0.2, 0) is 13.4 Å². The van der Waals surface area contributed by atoms with Crippen LogP contribution in [0.15, 0.2) is 83.4 Å². The van der Waals surface area contributed by atoms with Gasteiger partial charge in [0.1, 0.15) is 18.2 Å². The van der Waals surface area contributed by atoms with Crippen molar-refractivity contribution in [3.8, 4) is 11.3 Å². The lowest BCUT2D eigenvalue weighted by Gasteiger charge is -2.10. The molecule has 0 fully saturated rings. The van der Waals surface area contributed by atoms with E-state index >= 15 is 0 Å². The van der Waals surface area contributed by atoms with Crippen LogP contribution in [0, 0.1) is 12.8 Å². The van der Waals surface area contributed by atoms with Crippen LogP contribution in [-0.4, -0.2) is 0 Å². The summed E-state index contributed by atoms with van der Waals surface area (Å²) < 4.78 is 25.7. The van der Waals surface area contributed by atoms with Gasteiger partial charge in [0.05, 0.1) is 10.9 Å². The van der Waals surface area contributed by atoms with Gasteiger partial charge in [-0.15, -0.1) is 0 Å². The van der Waals surface area contributed by atoms with Gasteiger partial charge in [-0.1, -0.05) is 56.3 Å². The second kappa shape index (κ2) is 7.45. The van der Waals surface area contributed by atoms with Gasteiger partial charge < -0.3 is 4.42 Å². The first-order chi connectivity index (χ1) is 16.8.